The van der Waals surface area contributed by atoms with Crippen molar-refractivity contribution in [3.05, 3.63) is 40.2 Å². The number of nitrogens with zero attached hydrogens (tertiary/aromatic N) is 4. The van der Waals surface area contributed by atoms with Crippen molar-refractivity contribution in [2.45, 2.75) is 77.6 Å². The molecule has 1 aromatic carbocycles. The molecule has 3 atom stereocenters. The zero-order valence-corrected chi connectivity index (χ0v) is 24.2. The van der Waals surface area contributed by atoms with Crippen LogP contribution in [0.25, 0.3) is 22.6 Å². The highest BCUT2D eigenvalue weighted by Crippen LogP contribution is 2.37. The normalized spacial score (nSPS) is 20.7. The number of halogens is 1. The summed E-state index contributed by atoms with van der Waals surface area (Å²) in [4.78, 5) is 12.6. The zero-order chi connectivity index (χ0) is 27.7. The first-order valence-corrected chi connectivity index (χ1v) is 14.2. The average molecular weight is 555 g/mol. The molecular weight excluding hydrogens is 516 g/mol. The topological polar surface area (TPSA) is 109 Å². The quantitative estimate of drug-likeness (QED) is 0.326. The fraction of sp³-hybridized carbons (Fsp3) is 0.552. The third kappa shape index (κ3) is 6.22. The van der Waals surface area contributed by atoms with Gasteiger partial charge in [-0.25, -0.2) is 9.97 Å². The molecule has 0 amide bonds. The van der Waals surface area contributed by atoms with Crippen molar-refractivity contribution in [1.29, 1.82) is 0 Å². The van der Waals surface area contributed by atoms with Crippen molar-refractivity contribution in [2.75, 3.05) is 32.1 Å². The van der Waals surface area contributed by atoms with Gasteiger partial charge in [-0.15, -0.1) is 0 Å². The van der Waals surface area contributed by atoms with E-state index in [-0.39, 0.29) is 6.61 Å². The maximum atomic E-state index is 10.1. The number of benzene rings is 1. The molecule has 2 fully saturated rings. The van der Waals surface area contributed by atoms with Gasteiger partial charge in [0.25, 0.3) is 0 Å². The predicted molar refractivity (Wildman–Crippen MR) is 153 cm³/mol. The van der Waals surface area contributed by atoms with Gasteiger partial charge >= 0.3 is 0 Å². The molecular formula is C29H39ClN6O3. The number of nitrogens with one attached hydrogen (secondary N) is 2. The van der Waals surface area contributed by atoms with E-state index >= 15 is 0 Å². The Kier molecular flexibility index (Phi) is 8.42. The maximum absolute atomic E-state index is 10.1. The number of rotatable bonds is 10. The van der Waals surface area contributed by atoms with E-state index in [1.54, 1.807) is 19.2 Å². The van der Waals surface area contributed by atoms with Crippen LogP contribution >= 0.6 is 11.6 Å². The molecule has 1 saturated heterocycles. The molecule has 10 heteroatoms. The lowest BCUT2D eigenvalue weighted by Gasteiger charge is -2.38. The molecule has 3 N–H and O–H groups in total. The van der Waals surface area contributed by atoms with Crippen molar-refractivity contribution in [3.8, 4) is 28.4 Å². The molecule has 3 unspecified atom stereocenters. The molecule has 1 saturated carbocycles. The lowest BCUT2D eigenvalue weighted by molar-refractivity contribution is 0.108. The van der Waals surface area contributed by atoms with E-state index in [0.717, 1.165) is 53.8 Å². The van der Waals surface area contributed by atoms with Crippen LogP contribution in [0.4, 0.5) is 5.82 Å². The van der Waals surface area contributed by atoms with Gasteiger partial charge in [-0.05, 0) is 78.6 Å². The number of likely N-dealkylation sites (N-methyl/N-ethyl adjacent to an activating group) is 1. The summed E-state index contributed by atoms with van der Waals surface area (Å²) < 4.78 is 11.4. The molecule has 3 heterocycles. The summed E-state index contributed by atoms with van der Waals surface area (Å²) >= 11 is 6.69. The standard InChI is InChI=1S/C29H39ClN6O3/c1-16-12-20(10-11-36(16)21-6-7-21)32-28-17(2)27(26-18(3)35-39-19(26)4)33-29(34-28)24-13-23(8-9-25(24)30)38-15-22(37)14-31-5/h8-9,13,16,20-22,31,37H,6-7,10-12,14-15H2,1-5H3,(H,32,33,34). The van der Waals surface area contributed by atoms with Gasteiger partial charge in [0.1, 0.15) is 30.0 Å². The number of aryl methyl sites for hydroxylation is 2. The number of aliphatic hydroxyl groups excluding tert-OH is 1. The van der Waals surface area contributed by atoms with E-state index in [1.165, 1.54) is 12.8 Å². The molecule has 0 spiro atoms. The average Bonchev–Trinajstić information content (AvgIpc) is 3.69. The second-order valence-electron chi connectivity index (χ2n) is 10.9. The molecule has 0 radical (unpaired) electrons. The van der Waals surface area contributed by atoms with Gasteiger partial charge in [0.05, 0.1) is 22.0 Å². The number of aromatic nitrogens is 3. The SMILES string of the molecule is CNCC(O)COc1ccc(Cl)c(-c2nc(NC3CCN(C4CC4)C(C)C3)c(C)c(-c3c(C)noc3C)n2)c1. The van der Waals surface area contributed by atoms with Crippen LogP contribution in [0, 0.1) is 20.8 Å². The molecule has 210 valence electrons. The van der Waals surface area contributed by atoms with Crippen LogP contribution in [-0.4, -0.2) is 76.1 Å². The van der Waals surface area contributed by atoms with Crippen molar-refractivity contribution in [3.63, 3.8) is 0 Å². The first-order valence-electron chi connectivity index (χ1n) is 13.8. The Hall–Kier alpha value is -2.72. The van der Waals surface area contributed by atoms with Gasteiger partial charge in [-0.2, -0.15) is 0 Å². The second-order valence-corrected chi connectivity index (χ2v) is 11.3. The van der Waals surface area contributed by atoms with Crippen LogP contribution in [-0.2, 0) is 0 Å². The van der Waals surface area contributed by atoms with Crippen LogP contribution in [0.2, 0.25) is 5.02 Å². The summed E-state index contributed by atoms with van der Waals surface area (Å²) in [6.07, 6.45) is 4.17. The number of likely N-dealkylation sites (tertiary alicyclic amines) is 1. The highest BCUT2D eigenvalue weighted by molar-refractivity contribution is 6.33. The molecule has 2 aromatic heterocycles. The van der Waals surface area contributed by atoms with E-state index in [4.69, 9.17) is 30.8 Å². The number of aliphatic hydroxyl groups is 1. The van der Waals surface area contributed by atoms with Gasteiger partial charge < -0.3 is 25.0 Å². The van der Waals surface area contributed by atoms with E-state index < -0.39 is 6.10 Å². The Morgan fingerprint density at radius 3 is 2.67 bits per heavy atom. The lowest BCUT2D eigenvalue weighted by Crippen LogP contribution is -2.46. The monoisotopic (exact) mass is 554 g/mol. The molecule has 5 rings (SSSR count). The van der Waals surface area contributed by atoms with Crippen LogP contribution in [0.5, 0.6) is 5.75 Å². The van der Waals surface area contributed by atoms with Gasteiger partial charge in [0, 0.05) is 42.3 Å². The number of piperidine rings is 1. The van der Waals surface area contributed by atoms with Crippen molar-refractivity contribution in [2.24, 2.45) is 0 Å². The number of hydrogen-bond donors (Lipinski definition) is 3. The fourth-order valence-corrected chi connectivity index (χ4v) is 5.76. The minimum absolute atomic E-state index is 0.158. The Labute approximate surface area is 235 Å². The van der Waals surface area contributed by atoms with Gasteiger partial charge in [-0.1, -0.05) is 16.8 Å². The molecule has 0 bridgehead atoms. The lowest BCUT2D eigenvalue weighted by atomic mass is 9.97. The van der Waals surface area contributed by atoms with E-state index in [1.807, 2.05) is 26.8 Å². The van der Waals surface area contributed by atoms with Crippen LogP contribution in [0.1, 0.15) is 49.6 Å². The number of hydrogen-bond acceptors (Lipinski definition) is 9. The molecule has 39 heavy (non-hydrogen) atoms. The summed E-state index contributed by atoms with van der Waals surface area (Å²) in [5.41, 5.74) is 4.03. The third-order valence-corrected chi connectivity index (χ3v) is 8.09. The largest absolute Gasteiger partial charge is 0.491 e. The number of anilines is 1. The Balaban J connectivity index is 1.49. The molecule has 2 aliphatic rings. The van der Waals surface area contributed by atoms with Crippen molar-refractivity contribution in [1.82, 2.24) is 25.3 Å². The Morgan fingerprint density at radius 1 is 1.21 bits per heavy atom. The smallest absolute Gasteiger partial charge is 0.163 e. The summed E-state index contributed by atoms with van der Waals surface area (Å²) in [5, 5.41) is 21.5. The molecule has 9 nitrogen and oxygen atoms in total. The van der Waals surface area contributed by atoms with Crippen LogP contribution < -0.4 is 15.4 Å². The van der Waals surface area contributed by atoms with Crippen LogP contribution in [0.15, 0.2) is 22.7 Å². The predicted octanol–water partition coefficient (Wildman–Crippen LogP) is 4.76. The first kappa shape index (κ1) is 27.8. The number of ether oxygens (including phenoxy) is 1. The fourth-order valence-electron chi connectivity index (χ4n) is 5.56. The van der Waals surface area contributed by atoms with Crippen molar-refractivity contribution < 1.29 is 14.4 Å². The summed E-state index contributed by atoms with van der Waals surface area (Å²) in [5.74, 6) is 2.58. The Morgan fingerprint density at radius 2 is 2.00 bits per heavy atom. The van der Waals surface area contributed by atoms with Crippen molar-refractivity contribution >= 4 is 17.4 Å². The molecule has 1 aliphatic carbocycles. The van der Waals surface area contributed by atoms with E-state index in [0.29, 0.717) is 46.5 Å². The van der Waals surface area contributed by atoms with Crippen LogP contribution in [0.3, 0.4) is 0 Å². The summed E-state index contributed by atoms with van der Waals surface area (Å²) in [6, 6.07) is 7.01. The Bertz CT molecular complexity index is 1290. The highest BCUT2D eigenvalue weighted by Gasteiger charge is 2.36. The van der Waals surface area contributed by atoms with Gasteiger partial charge in [0.2, 0.25) is 0 Å². The first-order chi connectivity index (χ1) is 18.7. The van der Waals surface area contributed by atoms with Gasteiger partial charge in [0.15, 0.2) is 5.82 Å². The summed E-state index contributed by atoms with van der Waals surface area (Å²) in [6.45, 7) is 9.89. The van der Waals surface area contributed by atoms with E-state index in [2.05, 4.69) is 27.6 Å². The molecule has 3 aromatic rings. The third-order valence-electron chi connectivity index (χ3n) is 7.76. The van der Waals surface area contributed by atoms with Gasteiger partial charge in [-0.3, -0.25) is 4.90 Å². The van der Waals surface area contributed by atoms with E-state index in [9.17, 15) is 5.11 Å². The maximum Gasteiger partial charge on any atom is 0.163 e. The zero-order valence-electron chi connectivity index (χ0n) is 23.4. The highest BCUT2D eigenvalue weighted by atomic mass is 35.5. The summed E-state index contributed by atoms with van der Waals surface area (Å²) in [7, 11) is 1.79. The molecule has 1 aliphatic heterocycles. The minimum atomic E-state index is -0.625. The minimum Gasteiger partial charge on any atom is -0.491 e. The second kappa shape index (κ2) is 11.8.